The number of carbonyl (C=O) groups excluding carboxylic acids is 1. The highest BCUT2D eigenvalue weighted by Crippen LogP contribution is 2.22. The number of nitrogens with zero attached hydrogens (tertiary/aromatic N) is 2. The van der Waals surface area contributed by atoms with E-state index in [9.17, 15) is 4.79 Å². The number of nitrogens with one attached hydrogen (secondary N) is 1. The number of rotatable bonds is 5. The molecule has 0 radical (unpaired) electrons. The van der Waals surface area contributed by atoms with Gasteiger partial charge in [-0.15, -0.1) is 0 Å². The molecule has 4 rings (SSSR count). The smallest absolute Gasteiger partial charge is 0.255 e. The van der Waals surface area contributed by atoms with Gasteiger partial charge in [-0.05, 0) is 54.8 Å². The van der Waals surface area contributed by atoms with E-state index < -0.39 is 0 Å². The standard InChI is InChI=1S/C22H27N3O2/c26-22(23-20-7-9-21(10-8-20)25-11-1-2-12-25)19-5-3-18(4-6-19)17-24-13-15-27-16-14-24/h3-10H,1-2,11-17H2,(H,23,26). The highest BCUT2D eigenvalue weighted by atomic mass is 16.5. The van der Waals surface area contributed by atoms with Gasteiger partial charge in [0.2, 0.25) is 0 Å². The summed E-state index contributed by atoms with van der Waals surface area (Å²) in [5, 5.41) is 2.99. The van der Waals surface area contributed by atoms with Crippen LogP contribution in [-0.2, 0) is 11.3 Å². The third-order valence-electron chi connectivity index (χ3n) is 5.32. The minimum atomic E-state index is -0.0677. The lowest BCUT2D eigenvalue weighted by molar-refractivity contribution is 0.0342. The second-order valence-corrected chi connectivity index (χ2v) is 7.28. The molecule has 0 unspecified atom stereocenters. The zero-order chi connectivity index (χ0) is 18.5. The van der Waals surface area contributed by atoms with Crippen LogP contribution >= 0.6 is 0 Å². The average Bonchev–Trinajstić information content (AvgIpc) is 3.25. The lowest BCUT2D eigenvalue weighted by Crippen LogP contribution is -2.35. The SMILES string of the molecule is O=C(Nc1ccc(N2CCCC2)cc1)c1ccc(CN2CCOCC2)cc1. The molecule has 142 valence electrons. The zero-order valence-corrected chi connectivity index (χ0v) is 15.7. The molecule has 5 nitrogen and oxygen atoms in total. The van der Waals surface area contributed by atoms with E-state index in [-0.39, 0.29) is 5.91 Å². The molecule has 2 aliphatic rings. The largest absolute Gasteiger partial charge is 0.379 e. The summed E-state index contributed by atoms with van der Waals surface area (Å²) < 4.78 is 5.38. The number of carbonyl (C=O) groups is 1. The van der Waals surface area contributed by atoms with Crippen LogP contribution in [0.5, 0.6) is 0 Å². The van der Waals surface area contributed by atoms with E-state index in [2.05, 4.69) is 27.2 Å². The lowest BCUT2D eigenvalue weighted by Gasteiger charge is -2.26. The summed E-state index contributed by atoms with van der Waals surface area (Å²) in [6, 6.07) is 16.0. The molecule has 2 aliphatic heterocycles. The zero-order valence-electron chi connectivity index (χ0n) is 15.7. The first-order valence-corrected chi connectivity index (χ1v) is 9.83. The van der Waals surface area contributed by atoms with Crippen molar-refractivity contribution in [1.82, 2.24) is 4.90 Å². The Labute approximate surface area is 160 Å². The third kappa shape index (κ3) is 4.67. The van der Waals surface area contributed by atoms with Gasteiger partial charge in [0.1, 0.15) is 0 Å². The molecule has 0 aromatic heterocycles. The van der Waals surface area contributed by atoms with Gasteiger partial charge in [-0.1, -0.05) is 12.1 Å². The first kappa shape index (κ1) is 18.0. The molecule has 2 heterocycles. The van der Waals surface area contributed by atoms with E-state index in [1.165, 1.54) is 24.1 Å². The third-order valence-corrected chi connectivity index (χ3v) is 5.32. The van der Waals surface area contributed by atoms with Gasteiger partial charge < -0.3 is 15.0 Å². The second kappa shape index (κ2) is 8.55. The van der Waals surface area contributed by atoms with Crippen molar-refractivity contribution >= 4 is 17.3 Å². The summed E-state index contributed by atoms with van der Waals surface area (Å²) in [7, 11) is 0. The van der Waals surface area contributed by atoms with Crippen LogP contribution < -0.4 is 10.2 Å². The van der Waals surface area contributed by atoms with E-state index in [1.54, 1.807) is 0 Å². The van der Waals surface area contributed by atoms with Crippen LogP contribution in [0, 0.1) is 0 Å². The molecule has 2 aromatic carbocycles. The lowest BCUT2D eigenvalue weighted by atomic mass is 10.1. The number of morpholine rings is 1. The maximum absolute atomic E-state index is 12.5. The fraction of sp³-hybridized carbons (Fsp3) is 0.409. The normalized spacial score (nSPS) is 17.9. The highest BCUT2D eigenvalue weighted by molar-refractivity contribution is 6.04. The van der Waals surface area contributed by atoms with Gasteiger partial charge in [0.05, 0.1) is 13.2 Å². The van der Waals surface area contributed by atoms with Crippen molar-refractivity contribution < 1.29 is 9.53 Å². The summed E-state index contributed by atoms with van der Waals surface area (Å²) in [4.78, 5) is 17.3. The monoisotopic (exact) mass is 365 g/mol. The number of anilines is 2. The van der Waals surface area contributed by atoms with E-state index in [4.69, 9.17) is 4.74 Å². The predicted octanol–water partition coefficient (Wildman–Crippen LogP) is 3.37. The molecule has 27 heavy (non-hydrogen) atoms. The second-order valence-electron chi connectivity index (χ2n) is 7.28. The van der Waals surface area contributed by atoms with Crippen molar-refractivity contribution in [3.8, 4) is 0 Å². The Hall–Kier alpha value is -2.37. The Morgan fingerprint density at radius 2 is 1.56 bits per heavy atom. The van der Waals surface area contributed by atoms with Crippen molar-refractivity contribution in [3.63, 3.8) is 0 Å². The fourth-order valence-electron chi connectivity index (χ4n) is 3.71. The molecule has 0 aliphatic carbocycles. The fourth-order valence-corrected chi connectivity index (χ4v) is 3.71. The average molecular weight is 365 g/mol. The van der Waals surface area contributed by atoms with E-state index in [0.717, 1.165) is 51.6 Å². The number of benzene rings is 2. The van der Waals surface area contributed by atoms with Crippen molar-refractivity contribution in [1.29, 1.82) is 0 Å². The van der Waals surface area contributed by atoms with Gasteiger partial charge in [0.25, 0.3) is 5.91 Å². The van der Waals surface area contributed by atoms with Crippen LogP contribution in [0.15, 0.2) is 48.5 Å². The molecule has 0 spiro atoms. The molecular formula is C22H27N3O2. The van der Waals surface area contributed by atoms with Gasteiger partial charge in [-0.25, -0.2) is 0 Å². The maximum atomic E-state index is 12.5. The maximum Gasteiger partial charge on any atom is 0.255 e. The van der Waals surface area contributed by atoms with Gasteiger partial charge in [-0.2, -0.15) is 0 Å². The number of hydrogen-bond acceptors (Lipinski definition) is 4. The Morgan fingerprint density at radius 1 is 0.889 bits per heavy atom. The molecule has 2 aromatic rings. The van der Waals surface area contributed by atoms with Crippen LogP contribution in [0.3, 0.4) is 0 Å². The quantitative estimate of drug-likeness (QED) is 0.882. The molecule has 0 atom stereocenters. The Balaban J connectivity index is 1.33. The van der Waals surface area contributed by atoms with E-state index in [0.29, 0.717) is 5.56 Å². The summed E-state index contributed by atoms with van der Waals surface area (Å²) in [5.41, 5.74) is 3.98. The van der Waals surface area contributed by atoms with Gasteiger partial charge in [0, 0.05) is 49.7 Å². The molecule has 1 N–H and O–H groups in total. The Bertz CT molecular complexity index is 746. The minimum absolute atomic E-state index is 0.0677. The minimum Gasteiger partial charge on any atom is -0.379 e. The molecule has 0 bridgehead atoms. The van der Waals surface area contributed by atoms with Crippen LogP contribution in [-0.4, -0.2) is 50.2 Å². The number of hydrogen-bond donors (Lipinski definition) is 1. The van der Waals surface area contributed by atoms with E-state index >= 15 is 0 Å². The first-order valence-electron chi connectivity index (χ1n) is 9.83. The van der Waals surface area contributed by atoms with Crippen molar-refractivity contribution in [2.24, 2.45) is 0 Å². The molecule has 1 amide bonds. The van der Waals surface area contributed by atoms with Gasteiger partial charge in [0.15, 0.2) is 0 Å². The number of ether oxygens (including phenoxy) is 1. The molecule has 2 saturated heterocycles. The van der Waals surface area contributed by atoms with Crippen molar-refractivity contribution in [3.05, 3.63) is 59.7 Å². The predicted molar refractivity (Wildman–Crippen MR) is 108 cm³/mol. The summed E-state index contributed by atoms with van der Waals surface area (Å²) in [6.07, 6.45) is 2.53. The van der Waals surface area contributed by atoms with Gasteiger partial charge in [-0.3, -0.25) is 9.69 Å². The first-order chi connectivity index (χ1) is 13.3. The molecule has 0 saturated carbocycles. The van der Waals surface area contributed by atoms with Crippen molar-refractivity contribution in [2.45, 2.75) is 19.4 Å². The Kier molecular flexibility index (Phi) is 5.70. The highest BCUT2D eigenvalue weighted by Gasteiger charge is 2.13. The Morgan fingerprint density at radius 3 is 2.22 bits per heavy atom. The van der Waals surface area contributed by atoms with E-state index in [1.807, 2.05) is 36.4 Å². The summed E-state index contributed by atoms with van der Waals surface area (Å²) >= 11 is 0. The molecule has 5 heteroatoms. The van der Waals surface area contributed by atoms with Crippen LogP contribution in [0.25, 0.3) is 0 Å². The molecule has 2 fully saturated rings. The topological polar surface area (TPSA) is 44.8 Å². The van der Waals surface area contributed by atoms with Crippen LogP contribution in [0.2, 0.25) is 0 Å². The molecular weight excluding hydrogens is 338 g/mol. The van der Waals surface area contributed by atoms with Gasteiger partial charge >= 0.3 is 0 Å². The van der Waals surface area contributed by atoms with Crippen LogP contribution in [0.1, 0.15) is 28.8 Å². The van der Waals surface area contributed by atoms with Crippen LogP contribution in [0.4, 0.5) is 11.4 Å². The van der Waals surface area contributed by atoms with Crippen molar-refractivity contribution in [2.75, 3.05) is 49.6 Å². The number of amides is 1. The summed E-state index contributed by atoms with van der Waals surface area (Å²) in [5.74, 6) is -0.0677. The summed E-state index contributed by atoms with van der Waals surface area (Å²) in [6.45, 7) is 6.70.